The number of Topliss-reactive ketones (excluding diaryl/α,β-unsaturated/α-hetero) is 2. The van der Waals surface area contributed by atoms with Crippen LogP contribution in [-0.4, -0.2) is 15.9 Å². The summed E-state index contributed by atoms with van der Waals surface area (Å²) in [7, 11) is 0. The summed E-state index contributed by atoms with van der Waals surface area (Å²) in [5, 5.41) is 0. The molecule has 1 aliphatic carbocycles. The maximum absolute atomic E-state index is 11.2. The first-order valence-corrected chi connectivity index (χ1v) is 5.34. The third kappa shape index (κ3) is 2.12. The van der Waals surface area contributed by atoms with Crippen molar-refractivity contribution in [2.24, 2.45) is 11.3 Å². The van der Waals surface area contributed by atoms with Gasteiger partial charge >= 0.3 is 0 Å². The summed E-state index contributed by atoms with van der Waals surface area (Å²) < 4.78 is -0.754. The maximum atomic E-state index is 11.2. The lowest BCUT2D eigenvalue weighted by Gasteiger charge is -2.17. The molecule has 14 heavy (non-hydrogen) atoms. The number of carbonyl (C=O) groups excluding carboxylic acids is 2. The molecule has 1 unspecified atom stereocenters. The van der Waals surface area contributed by atoms with Gasteiger partial charge in [0.2, 0.25) is 0 Å². The van der Waals surface area contributed by atoms with Crippen LogP contribution >= 0.6 is 23.2 Å². The van der Waals surface area contributed by atoms with E-state index in [-0.39, 0.29) is 17.0 Å². The minimum absolute atomic E-state index is 0.102. The van der Waals surface area contributed by atoms with Gasteiger partial charge < -0.3 is 0 Å². The number of halogens is 2. The minimum Gasteiger partial charge on any atom is -0.299 e. The third-order valence-corrected chi connectivity index (χ3v) is 4.19. The summed E-state index contributed by atoms with van der Waals surface area (Å²) in [5.41, 5.74) is -0.280. The molecule has 80 valence electrons. The number of carbonyl (C=O) groups is 2. The van der Waals surface area contributed by atoms with E-state index >= 15 is 0 Å². The Labute approximate surface area is 93.9 Å². The lowest BCUT2D eigenvalue weighted by molar-refractivity contribution is -0.131. The average molecular weight is 237 g/mol. The van der Waals surface area contributed by atoms with Gasteiger partial charge in [-0.05, 0) is 26.7 Å². The number of hydrogen-bond donors (Lipinski definition) is 0. The summed E-state index contributed by atoms with van der Waals surface area (Å²) in [5.74, 6) is -0.746. The van der Waals surface area contributed by atoms with Crippen molar-refractivity contribution in [3.8, 4) is 0 Å². The third-order valence-electron chi connectivity index (χ3n) is 3.01. The van der Waals surface area contributed by atoms with Crippen molar-refractivity contribution in [2.45, 2.75) is 37.9 Å². The highest BCUT2D eigenvalue weighted by molar-refractivity contribution is 6.51. The summed E-state index contributed by atoms with van der Waals surface area (Å²) in [4.78, 5) is 22.4. The van der Waals surface area contributed by atoms with E-state index < -0.39 is 10.3 Å². The molecule has 1 atom stereocenters. The Morgan fingerprint density at radius 3 is 1.86 bits per heavy atom. The highest BCUT2D eigenvalue weighted by Gasteiger charge is 2.63. The first-order valence-electron chi connectivity index (χ1n) is 4.58. The van der Waals surface area contributed by atoms with Gasteiger partial charge in [-0.2, -0.15) is 0 Å². The van der Waals surface area contributed by atoms with Gasteiger partial charge in [-0.1, -0.05) is 6.92 Å². The van der Waals surface area contributed by atoms with Crippen molar-refractivity contribution >= 4 is 34.8 Å². The second-order valence-corrected chi connectivity index (χ2v) is 5.90. The topological polar surface area (TPSA) is 34.1 Å². The quantitative estimate of drug-likeness (QED) is 0.556. The highest BCUT2D eigenvalue weighted by atomic mass is 35.5. The molecule has 1 rings (SSSR count). The molecule has 0 aliphatic heterocycles. The Balaban J connectivity index is 2.68. The molecule has 0 spiro atoms. The molecule has 0 aromatic heterocycles. The van der Waals surface area contributed by atoms with Crippen molar-refractivity contribution in [3.05, 3.63) is 0 Å². The van der Waals surface area contributed by atoms with Crippen molar-refractivity contribution < 1.29 is 9.59 Å². The molecule has 4 heteroatoms. The van der Waals surface area contributed by atoms with Gasteiger partial charge in [0, 0.05) is 5.41 Å². The number of ketones is 2. The predicted octanol–water partition coefficient (Wildman–Crippen LogP) is 2.75. The van der Waals surface area contributed by atoms with Crippen LogP contribution in [-0.2, 0) is 9.59 Å². The van der Waals surface area contributed by atoms with Gasteiger partial charge in [-0.15, -0.1) is 23.2 Å². The SMILES string of the molecule is CC(=O)C(CC1(C)CC1(Cl)Cl)C(C)=O. The number of alkyl halides is 2. The molecular weight excluding hydrogens is 223 g/mol. The van der Waals surface area contributed by atoms with Crippen LogP contribution < -0.4 is 0 Å². The van der Waals surface area contributed by atoms with E-state index in [0.717, 1.165) is 0 Å². The van der Waals surface area contributed by atoms with Crippen LogP contribution in [0.5, 0.6) is 0 Å². The fraction of sp³-hybridized carbons (Fsp3) is 0.800. The molecule has 0 bridgehead atoms. The van der Waals surface area contributed by atoms with Crippen LogP contribution in [0.25, 0.3) is 0 Å². The first-order chi connectivity index (χ1) is 6.19. The largest absolute Gasteiger partial charge is 0.299 e. The fourth-order valence-corrected chi connectivity index (χ4v) is 2.44. The van der Waals surface area contributed by atoms with Gasteiger partial charge in [-0.25, -0.2) is 0 Å². The average Bonchev–Trinajstić information content (AvgIpc) is 2.46. The van der Waals surface area contributed by atoms with Crippen molar-refractivity contribution in [2.75, 3.05) is 0 Å². The zero-order valence-electron chi connectivity index (χ0n) is 8.56. The fourth-order valence-electron chi connectivity index (χ4n) is 1.69. The smallest absolute Gasteiger partial charge is 0.140 e. The molecule has 2 nitrogen and oxygen atoms in total. The second kappa shape index (κ2) is 3.49. The summed E-state index contributed by atoms with van der Waals surface area (Å²) in [6.45, 7) is 4.77. The lowest BCUT2D eigenvalue weighted by atomic mass is 9.88. The maximum Gasteiger partial charge on any atom is 0.140 e. The van der Waals surface area contributed by atoms with Crippen LogP contribution in [0.4, 0.5) is 0 Å². The van der Waals surface area contributed by atoms with Crippen molar-refractivity contribution in [3.63, 3.8) is 0 Å². The molecule has 1 fully saturated rings. The van der Waals surface area contributed by atoms with E-state index in [0.29, 0.717) is 12.8 Å². The standard InChI is InChI=1S/C10H14Cl2O2/c1-6(13)8(7(2)14)4-9(3)5-10(9,11)12/h8H,4-5H2,1-3H3. The monoisotopic (exact) mass is 236 g/mol. The molecule has 0 radical (unpaired) electrons. The summed E-state index contributed by atoms with van der Waals surface area (Å²) >= 11 is 11.9. The van der Waals surface area contributed by atoms with Gasteiger partial charge in [0.1, 0.15) is 15.9 Å². The Morgan fingerprint density at radius 1 is 1.29 bits per heavy atom. The Kier molecular flexibility index (Phi) is 2.99. The van der Waals surface area contributed by atoms with E-state index in [1.807, 2.05) is 6.92 Å². The van der Waals surface area contributed by atoms with Crippen LogP contribution in [0.1, 0.15) is 33.6 Å². The van der Waals surface area contributed by atoms with Gasteiger partial charge in [0.15, 0.2) is 0 Å². The van der Waals surface area contributed by atoms with Gasteiger partial charge in [0.25, 0.3) is 0 Å². The normalized spacial score (nSPS) is 29.0. The zero-order valence-corrected chi connectivity index (χ0v) is 10.1. The molecule has 0 saturated heterocycles. The molecule has 0 N–H and O–H groups in total. The van der Waals surface area contributed by atoms with E-state index in [4.69, 9.17) is 23.2 Å². The van der Waals surface area contributed by atoms with Crippen molar-refractivity contribution in [1.82, 2.24) is 0 Å². The molecular formula is C10H14Cl2O2. The van der Waals surface area contributed by atoms with Gasteiger partial charge in [0.05, 0.1) is 5.92 Å². The second-order valence-electron chi connectivity index (χ2n) is 4.42. The predicted molar refractivity (Wildman–Crippen MR) is 56.6 cm³/mol. The van der Waals surface area contributed by atoms with E-state index in [1.165, 1.54) is 13.8 Å². The number of hydrogen-bond acceptors (Lipinski definition) is 2. The van der Waals surface area contributed by atoms with E-state index in [2.05, 4.69) is 0 Å². The van der Waals surface area contributed by atoms with Crippen LogP contribution in [0.2, 0.25) is 0 Å². The van der Waals surface area contributed by atoms with Crippen LogP contribution in [0.15, 0.2) is 0 Å². The van der Waals surface area contributed by atoms with Crippen molar-refractivity contribution in [1.29, 1.82) is 0 Å². The Morgan fingerprint density at radius 2 is 1.64 bits per heavy atom. The number of rotatable bonds is 4. The first kappa shape index (κ1) is 12.0. The molecule has 0 aromatic carbocycles. The van der Waals surface area contributed by atoms with Gasteiger partial charge in [-0.3, -0.25) is 9.59 Å². The molecule has 0 heterocycles. The molecule has 0 aromatic rings. The summed E-state index contributed by atoms with van der Waals surface area (Å²) in [6.07, 6.45) is 1.12. The molecule has 1 saturated carbocycles. The Bertz CT molecular complexity index is 272. The van der Waals surface area contributed by atoms with E-state index in [9.17, 15) is 9.59 Å². The van der Waals surface area contributed by atoms with Crippen LogP contribution in [0.3, 0.4) is 0 Å². The highest BCUT2D eigenvalue weighted by Crippen LogP contribution is 2.66. The Hall–Kier alpha value is -0.0800. The molecule has 1 aliphatic rings. The zero-order chi connectivity index (χ0) is 11.1. The minimum atomic E-state index is -0.754. The lowest BCUT2D eigenvalue weighted by Crippen LogP contribution is -2.24. The van der Waals surface area contributed by atoms with Crippen LogP contribution in [0, 0.1) is 11.3 Å². The summed E-state index contributed by atoms with van der Waals surface area (Å²) in [6, 6.07) is 0. The van der Waals surface area contributed by atoms with E-state index in [1.54, 1.807) is 0 Å². The molecule has 0 amide bonds.